The molecule has 0 unspecified atom stereocenters. The Morgan fingerprint density at radius 1 is 1.05 bits per heavy atom. The highest BCUT2D eigenvalue weighted by molar-refractivity contribution is 7.90. The lowest BCUT2D eigenvalue weighted by Crippen LogP contribution is -2.47. The van der Waals surface area contributed by atoms with Crippen LogP contribution in [0, 0.1) is 0 Å². The second-order valence-electron chi connectivity index (χ2n) is 5.38. The van der Waals surface area contributed by atoms with Crippen LogP contribution in [0.1, 0.15) is 68.2 Å². The molecule has 0 aromatic rings. The lowest BCUT2D eigenvalue weighted by Gasteiger charge is -2.25. The van der Waals surface area contributed by atoms with E-state index in [0.29, 0.717) is 0 Å². The van der Waals surface area contributed by atoms with Crippen molar-refractivity contribution >= 4 is 10.0 Å². The van der Waals surface area contributed by atoms with Gasteiger partial charge in [0.15, 0.2) is 0 Å². The first-order valence-corrected chi connectivity index (χ1v) is 8.55. The van der Waals surface area contributed by atoms with E-state index in [2.05, 4.69) is 32.4 Å². The number of ether oxygens (including phenoxy) is 1. The Kier molecular flexibility index (Phi) is 16.2. The van der Waals surface area contributed by atoms with Crippen molar-refractivity contribution < 1.29 is 13.2 Å². The van der Waals surface area contributed by atoms with Crippen LogP contribution < -0.4 is 4.72 Å². The first-order chi connectivity index (χ1) is 8.56. The van der Waals surface area contributed by atoms with Crippen LogP contribution in [-0.4, -0.2) is 32.9 Å². The average Bonchev–Trinajstić information content (AvgIpc) is 2.17. The van der Waals surface area contributed by atoms with E-state index in [1.54, 1.807) is 27.7 Å². The molecule has 1 N–H and O–H groups in total. The Hall–Kier alpha value is -0.130. The third kappa shape index (κ3) is 14.1. The normalized spacial score (nSPS) is 11.3. The van der Waals surface area contributed by atoms with E-state index in [1.165, 1.54) is 20.0 Å². The molecule has 0 aromatic carbocycles. The van der Waals surface area contributed by atoms with Crippen molar-refractivity contribution in [1.82, 2.24) is 4.72 Å². The highest BCUT2D eigenvalue weighted by Gasteiger charge is 2.34. The Balaban J connectivity index is -0.000000360. The SMILES string of the molecule is CCC.CCC.COCC(C)(C)S(=O)(=O)NC(C)C. The molecule has 0 aliphatic heterocycles. The molecular weight excluding hydrogens is 262 g/mol. The van der Waals surface area contributed by atoms with Gasteiger partial charge in [0.1, 0.15) is 4.75 Å². The van der Waals surface area contributed by atoms with Gasteiger partial charge in [0.05, 0.1) is 6.61 Å². The molecule has 0 bridgehead atoms. The molecule has 4 nitrogen and oxygen atoms in total. The molecule has 0 aliphatic rings. The number of rotatable bonds is 5. The van der Waals surface area contributed by atoms with Crippen LogP contribution in [0.25, 0.3) is 0 Å². The Morgan fingerprint density at radius 3 is 1.58 bits per heavy atom. The topological polar surface area (TPSA) is 55.4 Å². The Bertz CT molecular complexity index is 270. The molecule has 0 aromatic heterocycles. The minimum absolute atomic E-state index is 0.0823. The third-order valence-corrected chi connectivity index (χ3v) is 3.96. The fourth-order valence-corrected chi connectivity index (χ4v) is 2.11. The molecule has 120 valence electrons. The van der Waals surface area contributed by atoms with E-state index in [-0.39, 0.29) is 12.6 Å². The van der Waals surface area contributed by atoms with E-state index >= 15 is 0 Å². The number of methoxy groups -OCH3 is 1. The van der Waals surface area contributed by atoms with Crippen molar-refractivity contribution in [1.29, 1.82) is 0 Å². The number of sulfonamides is 1. The van der Waals surface area contributed by atoms with Crippen molar-refractivity contribution in [2.45, 2.75) is 79.0 Å². The molecule has 0 saturated carbocycles. The highest BCUT2D eigenvalue weighted by Crippen LogP contribution is 2.15. The number of hydrogen-bond acceptors (Lipinski definition) is 3. The van der Waals surface area contributed by atoms with Crippen molar-refractivity contribution in [3.05, 3.63) is 0 Å². The van der Waals surface area contributed by atoms with E-state index in [9.17, 15) is 8.42 Å². The second kappa shape index (κ2) is 12.9. The van der Waals surface area contributed by atoms with Crippen molar-refractivity contribution in [2.75, 3.05) is 13.7 Å². The van der Waals surface area contributed by atoms with E-state index in [1.807, 2.05) is 0 Å². The molecule has 0 aliphatic carbocycles. The van der Waals surface area contributed by atoms with Crippen LogP contribution in [0.5, 0.6) is 0 Å². The summed E-state index contributed by atoms with van der Waals surface area (Å²) < 4.78 is 29.8. The lowest BCUT2D eigenvalue weighted by molar-refractivity contribution is 0.174. The van der Waals surface area contributed by atoms with Gasteiger partial charge in [-0.2, -0.15) is 0 Å². The molecule has 19 heavy (non-hydrogen) atoms. The zero-order valence-electron chi connectivity index (χ0n) is 14.3. The van der Waals surface area contributed by atoms with Gasteiger partial charge in [-0.1, -0.05) is 40.5 Å². The van der Waals surface area contributed by atoms with Gasteiger partial charge in [-0.25, -0.2) is 13.1 Å². The fourth-order valence-electron chi connectivity index (χ4n) is 0.895. The zero-order chi connectivity index (χ0) is 16.1. The van der Waals surface area contributed by atoms with Crippen molar-refractivity contribution in [2.24, 2.45) is 0 Å². The standard InChI is InChI=1S/C8H19NO3S.2C3H8/c1-7(2)9-13(10,11)8(3,4)6-12-5;2*1-3-2/h7,9H,6H2,1-5H3;2*3H2,1-2H3. The molecule has 0 fully saturated rings. The molecule has 0 saturated heterocycles. The number of nitrogens with one attached hydrogen (secondary N) is 1. The average molecular weight is 298 g/mol. The van der Waals surface area contributed by atoms with Crippen LogP contribution >= 0.6 is 0 Å². The molecule has 0 radical (unpaired) electrons. The van der Waals surface area contributed by atoms with Crippen LogP contribution in [0.15, 0.2) is 0 Å². The summed E-state index contributed by atoms with van der Waals surface area (Å²) in [6, 6.07) is -0.0823. The monoisotopic (exact) mass is 297 g/mol. The van der Waals surface area contributed by atoms with Crippen LogP contribution in [0.3, 0.4) is 0 Å². The van der Waals surface area contributed by atoms with E-state index in [4.69, 9.17) is 4.74 Å². The second-order valence-corrected chi connectivity index (χ2v) is 7.73. The predicted molar refractivity (Wildman–Crippen MR) is 85.1 cm³/mol. The van der Waals surface area contributed by atoms with E-state index in [0.717, 1.165) is 0 Å². The Labute approximate surface area is 121 Å². The minimum Gasteiger partial charge on any atom is -0.383 e. The molecule has 0 atom stereocenters. The molecular formula is C14H35NO3S. The number of hydrogen-bond donors (Lipinski definition) is 1. The van der Waals surface area contributed by atoms with Crippen LogP contribution in [0.4, 0.5) is 0 Å². The summed E-state index contributed by atoms with van der Waals surface area (Å²) >= 11 is 0. The fraction of sp³-hybridized carbons (Fsp3) is 1.00. The first-order valence-electron chi connectivity index (χ1n) is 7.06. The summed E-state index contributed by atoms with van der Waals surface area (Å²) in [5, 5.41) is 0. The molecule has 0 rings (SSSR count). The van der Waals surface area contributed by atoms with Crippen molar-refractivity contribution in [3.8, 4) is 0 Å². The highest BCUT2D eigenvalue weighted by atomic mass is 32.2. The van der Waals surface area contributed by atoms with Crippen molar-refractivity contribution in [3.63, 3.8) is 0 Å². The predicted octanol–water partition coefficient (Wildman–Crippen LogP) is 3.57. The van der Waals surface area contributed by atoms with Gasteiger partial charge in [-0.15, -0.1) is 0 Å². The van der Waals surface area contributed by atoms with Gasteiger partial charge in [-0.05, 0) is 27.7 Å². The summed E-state index contributed by atoms with van der Waals surface area (Å²) in [5.74, 6) is 0. The maximum Gasteiger partial charge on any atom is 0.219 e. The maximum absolute atomic E-state index is 11.7. The van der Waals surface area contributed by atoms with Gasteiger partial charge in [0, 0.05) is 13.2 Å². The summed E-state index contributed by atoms with van der Waals surface area (Å²) in [6.45, 7) is 15.6. The largest absolute Gasteiger partial charge is 0.383 e. The van der Waals surface area contributed by atoms with E-state index < -0.39 is 14.8 Å². The first kappa shape index (κ1) is 23.9. The quantitative estimate of drug-likeness (QED) is 0.844. The maximum atomic E-state index is 11.7. The summed E-state index contributed by atoms with van der Waals surface area (Å²) in [6.07, 6.45) is 2.50. The molecule has 0 heterocycles. The smallest absolute Gasteiger partial charge is 0.219 e. The van der Waals surface area contributed by atoms with Crippen LogP contribution in [-0.2, 0) is 14.8 Å². The zero-order valence-corrected chi connectivity index (χ0v) is 15.1. The van der Waals surface area contributed by atoms with Crippen LogP contribution in [0.2, 0.25) is 0 Å². The van der Waals surface area contributed by atoms with Gasteiger partial charge < -0.3 is 4.74 Å². The molecule has 0 amide bonds. The van der Waals surface area contributed by atoms with Gasteiger partial charge in [0.2, 0.25) is 10.0 Å². The van der Waals surface area contributed by atoms with Gasteiger partial charge in [-0.3, -0.25) is 0 Å². The lowest BCUT2D eigenvalue weighted by atomic mass is 10.2. The Morgan fingerprint density at radius 2 is 1.37 bits per heavy atom. The molecule has 5 heteroatoms. The summed E-state index contributed by atoms with van der Waals surface area (Å²) in [5.41, 5.74) is 0. The van der Waals surface area contributed by atoms with Gasteiger partial charge >= 0.3 is 0 Å². The minimum atomic E-state index is -3.30. The van der Waals surface area contributed by atoms with Gasteiger partial charge in [0.25, 0.3) is 0 Å². The summed E-state index contributed by atoms with van der Waals surface area (Å²) in [4.78, 5) is 0. The molecule has 0 spiro atoms. The third-order valence-electron chi connectivity index (χ3n) is 1.61. The summed E-state index contributed by atoms with van der Waals surface area (Å²) in [7, 11) is -1.80.